The number of aromatic amines is 1. The Labute approximate surface area is 150 Å². The van der Waals surface area contributed by atoms with E-state index in [4.69, 9.17) is 14.5 Å². The topological polar surface area (TPSA) is 72.1 Å². The number of hydrogen-bond donors (Lipinski definition) is 2. The van der Waals surface area contributed by atoms with Gasteiger partial charge < -0.3 is 19.8 Å². The SMILES string of the molecule is COc1ccc(Nc2nccc3[nH]c(-c4cccc(OC)c4)nc23)cc1. The number of hydrogen-bond acceptors (Lipinski definition) is 5. The summed E-state index contributed by atoms with van der Waals surface area (Å²) in [6.07, 6.45) is 1.75. The molecule has 0 bridgehead atoms. The van der Waals surface area contributed by atoms with Crippen LogP contribution in [0.5, 0.6) is 11.5 Å². The lowest BCUT2D eigenvalue weighted by atomic mass is 10.2. The summed E-state index contributed by atoms with van der Waals surface area (Å²) in [6.45, 7) is 0. The fourth-order valence-corrected chi connectivity index (χ4v) is 2.74. The van der Waals surface area contributed by atoms with Crippen molar-refractivity contribution in [3.63, 3.8) is 0 Å². The van der Waals surface area contributed by atoms with Crippen LogP contribution < -0.4 is 14.8 Å². The van der Waals surface area contributed by atoms with Gasteiger partial charge in [-0.3, -0.25) is 0 Å². The normalized spacial score (nSPS) is 10.7. The lowest BCUT2D eigenvalue weighted by molar-refractivity contribution is 0.415. The van der Waals surface area contributed by atoms with Crippen LogP contribution >= 0.6 is 0 Å². The molecule has 0 spiro atoms. The summed E-state index contributed by atoms with van der Waals surface area (Å²) in [4.78, 5) is 12.5. The number of aromatic nitrogens is 3. The average molecular weight is 346 g/mol. The van der Waals surface area contributed by atoms with E-state index in [1.165, 1.54) is 0 Å². The van der Waals surface area contributed by atoms with E-state index in [0.717, 1.165) is 39.6 Å². The Morgan fingerprint density at radius 1 is 0.923 bits per heavy atom. The molecule has 0 radical (unpaired) electrons. The van der Waals surface area contributed by atoms with Gasteiger partial charge in [-0.15, -0.1) is 0 Å². The predicted molar refractivity (Wildman–Crippen MR) is 102 cm³/mol. The first-order valence-corrected chi connectivity index (χ1v) is 8.17. The van der Waals surface area contributed by atoms with E-state index in [-0.39, 0.29) is 0 Å². The zero-order chi connectivity index (χ0) is 17.9. The Kier molecular flexibility index (Phi) is 4.15. The summed E-state index contributed by atoms with van der Waals surface area (Å²) >= 11 is 0. The molecule has 0 amide bonds. The third-order valence-corrected chi connectivity index (χ3v) is 4.10. The quantitative estimate of drug-likeness (QED) is 0.561. The number of benzene rings is 2. The molecule has 2 aromatic carbocycles. The Morgan fingerprint density at radius 3 is 2.50 bits per heavy atom. The van der Waals surface area contributed by atoms with E-state index in [1.54, 1.807) is 20.4 Å². The first kappa shape index (κ1) is 16.0. The third-order valence-electron chi connectivity index (χ3n) is 4.10. The lowest BCUT2D eigenvalue weighted by Gasteiger charge is -2.06. The zero-order valence-electron chi connectivity index (χ0n) is 14.5. The van der Waals surface area contributed by atoms with Crippen molar-refractivity contribution in [1.82, 2.24) is 15.0 Å². The zero-order valence-corrected chi connectivity index (χ0v) is 14.5. The minimum atomic E-state index is 0.693. The molecule has 2 N–H and O–H groups in total. The Hall–Kier alpha value is -3.54. The predicted octanol–water partition coefficient (Wildman–Crippen LogP) is 4.39. The molecule has 2 aromatic heterocycles. The summed E-state index contributed by atoms with van der Waals surface area (Å²) in [5.74, 6) is 3.06. The Morgan fingerprint density at radius 2 is 1.73 bits per heavy atom. The van der Waals surface area contributed by atoms with Gasteiger partial charge in [0, 0.05) is 17.4 Å². The van der Waals surface area contributed by atoms with E-state index in [2.05, 4.69) is 15.3 Å². The largest absolute Gasteiger partial charge is 0.497 e. The molecular weight excluding hydrogens is 328 g/mol. The molecule has 6 heteroatoms. The third kappa shape index (κ3) is 3.04. The number of nitrogens with one attached hydrogen (secondary N) is 2. The van der Waals surface area contributed by atoms with Crippen LogP contribution in [0, 0.1) is 0 Å². The highest BCUT2D eigenvalue weighted by Crippen LogP contribution is 2.28. The van der Waals surface area contributed by atoms with Gasteiger partial charge in [0.25, 0.3) is 0 Å². The van der Waals surface area contributed by atoms with Crippen LogP contribution in [0.15, 0.2) is 60.8 Å². The van der Waals surface area contributed by atoms with Crippen LogP contribution in [-0.2, 0) is 0 Å². The van der Waals surface area contributed by atoms with Crippen molar-refractivity contribution < 1.29 is 9.47 Å². The number of methoxy groups -OCH3 is 2. The monoisotopic (exact) mass is 346 g/mol. The molecule has 0 fully saturated rings. The summed E-state index contributed by atoms with van der Waals surface area (Å²) in [5.41, 5.74) is 3.56. The number of H-pyrrole nitrogens is 1. The molecule has 6 nitrogen and oxygen atoms in total. The fourth-order valence-electron chi connectivity index (χ4n) is 2.74. The van der Waals surface area contributed by atoms with Crippen molar-refractivity contribution in [2.75, 3.05) is 19.5 Å². The van der Waals surface area contributed by atoms with E-state index >= 15 is 0 Å². The second-order valence-electron chi connectivity index (χ2n) is 5.73. The van der Waals surface area contributed by atoms with Gasteiger partial charge in [-0.1, -0.05) is 12.1 Å². The highest BCUT2D eigenvalue weighted by molar-refractivity contribution is 5.90. The molecule has 4 rings (SSSR count). The average Bonchev–Trinajstić information content (AvgIpc) is 3.14. The number of rotatable bonds is 5. The molecule has 130 valence electrons. The molecule has 4 aromatic rings. The number of pyridine rings is 1. The smallest absolute Gasteiger partial charge is 0.158 e. The van der Waals surface area contributed by atoms with Crippen molar-refractivity contribution >= 4 is 22.5 Å². The van der Waals surface area contributed by atoms with Crippen molar-refractivity contribution in [3.05, 3.63) is 60.8 Å². The number of fused-ring (bicyclic) bond motifs is 1. The Bertz CT molecular complexity index is 1040. The molecule has 2 heterocycles. The summed E-state index contributed by atoms with van der Waals surface area (Å²) < 4.78 is 10.5. The first-order valence-electron chi connectivity index (χ1n) is 8.17. The number of nitrogens with zero attached hydrogens (tertiary/aromatic N) is 2. The highest BCUT2D eigenvalue weighted by Gasteiger charge is 2.11. The van der Waals surface area contributed by atoms with Gasteiger partial charge in [-0.25, -0.2) is 9.97 Å². The summed E-state index contributed by atoms with van der Waals surface area (Å²) in [7, 11) is 3.30. The molecular formula is C20H18N4O2. The first-order chi connectivity index (χ1) is 12.8. The lowest BCUT2D eigenvalue weighted by Crippen LogP contribution is -1.94. The second-order valence-corrected chi connectivity index (χ2v) is 5.73. The molecule has 0 aliphatic heterocycles. The second kappa shape index (κ2) is 6.76. The van der Waals surface area contributed by atoms with Gasteiger partial charge >= 0.3 is 0 Å². The minimum Gasteiger partial charge on any atom is -0.497 e. The number of ether oxygens (including phenoxy) is 2. The number of anilines is 2. The van der Waals surface area contributed by atoms with Gasteiger partial charge in [-0.05, 0) is 42.5 Å². The van der Waals surface area contributed by atoms with Gasteiger partial charge in [0.05, 0.1) is 19.7 Å². The molecule has 0 unspecified atom stereocenters. The van der Waals surface area contributed by atoms with Crippen LogP contribution in [0.3, 0.4) is 0 Å². The van der Waals surface area contributed by atoms with Crippen molar-refractivity contribution in [2.24, 2.45) is 0 Å². The van der Waals surface area contributed by atoms with E-state index < -0.39 is 0 Å². The molecule has 0 atom stereocenters. The summed E-state index contributed by atoms with van der Waals surface area (Å²) in [6, 6.07) is 17.4. The standard InChI is InChI=1S/C20H18N4O2/c1-25-15-8-6-14(7-9-15)22-20-18-17(10-11-21-20)23-19(24-18)13-4-3-5-16(12-13)26-2/h3-12H,1-2H3,(H,21,22)(H,23,24). The van der Waals surface area contributed by atoms with Crippen molar-refractivity contribution in [1.29, 1.82) is 0 Å². The molecule has 0 saturated carbocycles. The molecule has 0 aliphatic carbocycles. The van der Waals surface area contributed by atoms with E-state index in [9.17, 15) is 0 Å². The van der Waals surface area contributed by atoms with Crippen LogP contribution in [0.1, 0.15) is 0 Å². The van der Waals surface area contributed by atoms with E-state index in [1.807, 2.05) is 54.6 Å². The number of imidazole rings is 1. The van der Waals surface area contributed by atoms with Crippen LogP contribution in [0.4, 0.5) is 11.5 Å². The summed E-state index contributed by atoms with van der Waals surface area (Å²) in [5, 5.41) is 3.31. The van der Waals surface area contributed by atoms with E-state index in [0.29, 0.717) is 5.82 Å². The van der Waals surface area contributed by atoms with Crippen LogP contribution in [0.2, 0.25) is 0 Å². The highest BCUT2D eigenvalue weighted by atomic mass is 16.5. The fraction of sp³-hybridized carbons (Fsp3) is 0.100. The van der Waals surface area contributed by atoms with Crippen LogP contribution in [0.25, 0.3) is 22.4 Å². The van der Waals surface area contributed by atoms with Crippen LogP contribution in [-0.4, -0.2) is 29.2 Å². The van der Waals surface area contributed by atoms with Crippen molar-refractivity contribution in [2.45, 2.75) is 0 Å². The van der Waals surface area contributed by atoms with Gasteiger partial charge in [0.1, 0.15) is 22.8 Å². The Balaban J connectivity index is 1.70. The van der Waals surface area contributed by atoms with Gasteiger partial charge in [0.2, 0.25) is 0 Å². The van der Waals surface area contributed by atoms with Gasteiger partial charge in [0.15, 0.2) is 5.82 Å². The maximum Gasteiger partial charge on any atom is 0.158 e. The minimum absolute atomic E-state index is 0.693. The van der Waals surface area contributed by atoms with Crippen molar-refractivity contribution in [3.8, 4) is 22.9 Å². The molecule has 0 saturated heterocycles. The molecule has 26 heavy (non-hydrogen) atoms. The van der Waals surface area contributed by atoms with Gasteiger partial charge in [-0.2, -0.15) is 0 Å². The maximum absolute atomic E-state index is 5.30. The maximum atomic E-state index is 5.30. The molecule has 0 aliphatic rings.